The quantitative estimate of drug-likeness (QED) is 0.775. The van der Waals surface area contributed by atoms with E-state index in [1.165, 1.54) is 10.4 Å². The molecule has 4 rings (SSSR count). The summed E-state index contributed by atoms with van der Waals surface area (Å²) in [7, 11) is 0. The van der Waals surface area contributed by atoms with E-state index >= 15 is 0 Å². The Bertz CT molecular complexity index is 894. The molecule has 0 saturated carbocycles. The van der Waals surface area contributed by atoms with E-state index in [0.717, 1.165) is 36.0 Å². The summed E-state index contributed by atoms with van der Waals surface area (Å²) in [6.45, 7) is 1.79. The van der Waals surface area contributed by atoms with Crippen LogP contribution in [0.3, 0.4) is 0 Å². The molecule has 3 nitrogen and oxygen atoms in total. The van der Waals surface area contributed by atoms with Crippen LogP contribution in [0.2, 0.25) is 0 Å². The highest BCUT2D eigenvalue weighted by molar-refractivity contribution is 7.10. The second-order valence-electron chi connectivity index (χ2n) is 5.64. The van der Waals surface area contributed by atoms with Gasteiger partial charge in [0.15, 0.2) is 0 Å². The highest BCUT2D eigenvalue weighted by Gasteiger charge is 2.22. The monoisotopic (exact) mass is 320 g/mol. The number of thiophene rings is 1. The van der Waals surface area contributed by atoms with Crippen LogP contribution in [0.5, 0.6) is 5.75 Å². The lowest BCUT2D eigenvalue weighted by atomic mass is 10.0. The van der Waals surface area contributed by atoms with Crippen molar-refractivity contribution in [1.29, 1.82) is 5.26 Å². The summed E-state index contributed by atoms with van der Waals surface area (Å²) in [6, 6.07) is 16.1. The molecule has 23 heavy (non-hydrogen) atoms. The Kier molecular flexibility index (Phi) is 3.74. The second-order valence-corrected chi connectivity index (χ2v) is 6.59. The van der Waals surface area contributed by atoms with E-state index in [1.54, 1.807) is 11.3 Å². The molecule has 0 saturated heterocycles. The molecule has 1 N–H and O–H groups in total. The van der Waals surface area contributed by atoms with Crippen LogP contribution in [0, 0.1) is 11.3 Å². The van der Waals surface area contributed by atoms with Gasteiger partial charge in [-0.2, -0.15) is 5.26 Å². The van der Waals surface area contributed by atoms with Gasteiger partial charge in [-0.3, -0.25) is 0 Å². The summed E-state index contributed by atoms with van der Waals surface area (Å²) in [5.74, 6) is 0.840. The van der Waals surface area contributed by atoms with Gasteiger partial charge in [0.25, 0.3) is 0 Å². The lowest BCUT2D eigenvalue weighted by molar-refractivity contribution is 0.211. The van der Waals surface area contributed by atoms with Crippen molar-refractivity contribution in [2.24, 2.45) is 0 Å². The Morgan fingerprint density at radius 1 is 1.13 bits per heavy atom. The maximum Gasteiger partial charge on any atom is 0.145 e. The number of fused-ring (bicyclic) bond motifs is 2. The average molecular weight is 320 g/mol. The van der Waals surface area contributed by atoms with Gasteiger partial charge in [-0.1, -0.05) is 24.3 Å². The molecule has 4 heteroatoms. The molecule has 0 fully saturated rings. The third kappa shape index (κ3) is 2.59. The first kappa shape index (κ1) is 14.3. The predicted octanol–water partition coefficient (Wildman–Crippen LogP) is 4.04. The molecule has 0 aliphatic carbocycles. The van der Waals surface area contributed by atoms with Gasteiger partial charge < -0.3 is 10.1 Å². The van der Waals surface area contributed by atoms with Crippen LogP contribution >= 0.6 is 11.3 Å². The largest absolute Gasteiger partial charge is 0.483 e. The topological polar surface area (TPSA) is 45.0 Å². The Balaban J connectivity index is 1.76. The van der Waals surface area contributed by atoms with E-state index in [4.69, 9.17) is 4.74 Å². The van der Waals surface area contributed by atoms with Crippen molar-refractivity contribution in [2.75, 3.05) is 13.1 Å². The first-order chi connectivity index (χ1) is 11.4. The third-order valence-electron chi connectivity index (χ3n) is 4.25. The summed E-state index contributed by atoms with van der Waals surface area (Å²) < 4.78 is 6.37. The van der Waals surface area contributed by atoms with E-state index in [2.05, 4.69) is 22.8 Å². The van der Waals surface area contributed by atoms with Crippen LogP contribution in [0.1, 0.15) is 22.1 Å². The summed E-state index contributed by atoms with van der Waals surface area (Å²) >= 11 is 1.76. The van der Waals surface area contributed by atoms with Crippen molar-refractivity contribution in [3.63, 3.8) is 0 Å². The number of nitriles is 1. The summed E-state index contributed by atoms with van der Waals surface area (Å²) in [5, 5.41) is 16.8. The van der Waals surface area contributed by atoms with Gasteiger partial charge in [0, 0.05) is 22.2 Å². The molecule has 3 aromatic rings. The molecular weight excluding hydrogens is 304 g/mol. The molecule has 0 spiro atoms. The van der Waals surface area contributed by atoms with Gasteiger partial charge in [0.05, 0.1) is 11.6 Å². The Morgan fingerprint density at radius 3 is 2.87 bits per heavy atom. The van der Waals surface area contributed by atoms with Crippen LogP contribution < -0.4 is 10.1 Å². The molecule has 2 aromatic carbocycles. The standard InChI is InChI=1S/C19H16N2OS/c20-11-14-5-6-17(16-4-2-1-3-15(14)16)22-18-12-21-9-7-13-8-10-23-19(13)18/h1-6,8,10,18,21H,7,9,12H2. The SMILES string of the molecule is N#Cc1ccc(OC2CNCCc3ccsc32)c2ccccc12. The van der Waals surface area contributed by atoms with Gasteiger partial charge in [0.2, 0.25) is 0 Å². The van der Waals surface area contributed by atoms with E-state index < -0.39 is 0 Å². The summed E-state index contributed by atoms with van der Waals surface area (Å²) in [6.07, 6.45) is 1.07. The van der Waals surface area contributed by atoms with Crippen molar-refractivity contribution >= 4 is 22.1 Å². The number of ether oxygens (including phenoxy) is 1. The Morgan fingerprint density at radius 2 is 2.00 bits per heavy atom. The molecule has 1 aliphatic heterocycles. The molecule has 0 amide bonds. The second kappa shape index (κ2) is 6.04. The van der Waals surface area contributed by atoms with Crippen LogP contribution in [0.15, 0.2) is 47.8 Å². The van der Waals surface area contributed by atoms with Gasteiger partial charge in [-0.25, -0.2) is 0 Å². The maximum absolute atomic E-state index is 9.29. The van der Waals surface area contributed by atoms with Crippen molar-refractivity contribution in [3.05, 3.63) is 63.8 Å². The minimum Gasteiger partial charge on any atom is -0.483 e. The zero-order valence-corrected chi connectivity index (χ0v) is 13.4. The normalized spacial score (nSPS) is 17.3. The minimum atomic E-state index is 0.0174. The lowest BCUT2D eigenvalue weighted by Gasteiger charge is -2.19. The van der Waals surface area contributed by atoms with Crippen molar-refractivity contribution in [1.82, 2.24) is 5.32 Å². The van der Waals surface area contributed by atoms with E-state index in [1.807, 2.05) is 36.4 Å². The molecule has 1 aromatic heterocycles. The number of hydrogen-bond donors (Lipinski definition) is 1. The highest BCUT2D eigenvalue weighted by atomic mass is 32.1. The summed E-state index contributed by atoms with van der Waals surface area (Å²) in [4.78, 5) is 1.31. The average Bonchev–Trinajstić information content (AvgIpc) is 2.98. The molecule has 1 unspecified atom stereocenters. The number of nitrogens with zero attached hydrogens (tertiary/aromatic N) is 1. The Hall–Kier alpha value is -2.35. The smallest absolute Gasteiger partial charge is 0.145 e. The van der Waals surface area contributed by atoms with Crippen LogP contribution in [-0.4, -0.2) is 13.1 Å². The molecule has 1 atom stereocenters. The van der Waals surface area contributed by atoms with Gasteiger partial charge >= 0.3 is 0 Å². The Labute approximate surface area is 139 Å². The highest BCUT2D eigenvalue weighted by Crippen LogP contribution is 2.34. The van der Waals surface area contributed by atoms with Crippen molar-refractivity contribution in [3.8, 4) is 11.8 Å². The van der Waals surface area contributed by atoms with Crippen LogP contribution in [0.25, 0.3) is 10.8 Å². The predicted molar refractivity (Wildman–Crippen MR) is 92.9 cm³/mol. The molecule has 0 radical (unpaired) electrons. The van der Waals surface area contributed by atoms with Gasteiger partial charge in [-0.15, -0.1) is 11.3 Å². The van der Waals surface area contributed by atoms with Crippen LogP contribution in [0.4, 0.5) is 0 Å². The number of hydrogen-bond acceptors (Lipinski definition) is 4. The maximum atomic E-state index is 9.29. The summed E-state index contributed by atoms with van der Waals surface area (Å²) in [5.41, 5.74) is 2.06. The van der Waals surface area contributed by atoms with Gasteiger partial charge in [0.1, 0.15) is 11.9 Å². The zero-order chi connectivity index (χ0) is 15.6. The number of nitrogens with one attached hydrogen (secondary N) is 1. The van der Waals surface area contributed by atoms with Crippen molar-refractivity contribution in [2.45, 2.75) is 12.5 Å². The van der Waals surface area contributed by atoms with Gasteiger partial charge in [-0.05, 0) is 42.1 Å². The fourth-order valence-corrected chi connectivity index (χ4v) is 4.09. The molecular formula is C19H16N2OS. The molecule has 0 bridgehead atoms. The molecule has 1 aliphatic rings. The minimum absolute atomic E-state index is 0.0174. The number of rotatable bonds is 2. The molecule has 2 heterocycles. The van der Waals surface area contributed by atoms with E-state index in [9.17, 15) is 5.26 Å². The van der Waals surface area contributed by atoms with E-state index in [-0.39, 0.29) is 6.10 Å². The first-order valence-electron chi connectivity index (χ1n) is 7.72. The number of benzene rings is 2. The fourth-order valence-electron chi connectivity index (χ4n) is 3.11. The fraction of sp³-hybridized carbons (Fsp3) is 0.211. The third-order valence-corrected chi connectivity index (χ3v) is 5.30. The zero-order valence-electron chi connectivity index (χ0n) is 12.6. The van der Waals surface area contributed by atoms with Crippen molar-refractivity contribution < 1.29 is 4.74 Å². The van der Waals surface area contributed by atoms with Crippen LogP contribution in [-0.2, 0) is 6.42 Å². The molecule has 114 valence electrons. The lowest BCUT2D eigenvalue weighted by Crippen LogP contribution is -2.23. The van der Waals surface area contributed by atoms with E-state index in [0.29, 0.717) is 5.56 Å². The first-order valence-corrected chi connectivity index (χ1v) is 8.60.